The zero-order chi connectivity index (χ0) is 9.40. The highest BCUT2D eigenvalue weighted by molar-refractivity contribution is 4.87. The fraction of sp³-hybridized carbons (Fsp3) is 0.833. The highest BCUT2D eigenvalue weighted by Gasteiger charge is 1.99. The summed E-state index contributed by atoms with van der Waals surface area (Å²) in [6.45, 7) is 10.7. The van der Waals surface area contributed by atoms with Crippen LogP contribution in [-0.2, 0) is 0 Å². The van der Waals surface area contributed by atoms with E-state index in [1.807, 2.05) is 0 Å². The van der Waals surface area contributed by atoms with Crippen LogP contribution < -0.4 is 0 Å². The van der Waals surface area contributed by atoms with Gasteiger partial charge in [-0.1, -0.05) is 45.1 Å². The van der Waals surface area contributed by atoms with Crippen LogP contribution in [-0.4, -0.2) is 0 Å². The van der Waals surface area contributed by atoms with Crippen LogP contribution in [0.5, 0.6) is 0 Å². The number of hydrogen-bond acceptors (Lipinski definition) is 0. The molecular formula is C12H24. The van der Waals surface area contributed by atoms with E-state index in [1.165, 1.54) is 44.1 Å². The van der Waals surface area contributed by atoms with Crippen LogP contribution >= 0.6 is 0 Å². The van der Waals surface area contributed by atoms with Gasteiger partial charge in [0.2, 0.25) is 0 Å². The second-order valence-electron chi connectivity index (χ2n) is 4.10. The van der Waals surface area contributed by atoms with Gasteiger partial charge in [0.1, 0.15) is 0 Å². The van der Waals surface area contributed by atoms with Gasteiger partial charge in [-0.05, 0) is 25.7 Å². The summed E-state index contributed by atoms with van der Waals surface area (Å²) in [5.41, 5.74) is 1.33. The lowest BCUT2D eigenvalue weighted by atomic mass is 9.98. The predicted octanol–water partition coefficient (Wildman–Crippen LogP) is 4.56. The SMILES string of the molecule is C=C(C)CCCCC(C)CCC. The largest absolute Gasteiger partial charge is 0.100 e. The molecule has 0 fully saturated rings. The van der Waals surface area contributed by atoms with Crippen molar-refractivity contribution in [3.63, 3.8) is 0 Å². The number of hydrogen-bond donors (Lipinski definition) is 0. The van der Waals surface area contributed by atoms with Crippen LogP contribution in [0.3, 0.4) is 0 Å². The van der Waals surface area contributed by atoms with Gasteiger partial charge in [0.25, 0.3) is 0 Å². The van der Waals surface area contributed by atoms with Crippen molar-refractivity contribution in [3.8, 4) is 0 Å². The van der Waals surface area contributed by atoms with E-state index in [0.29, 0.717) is 0 Å². The maximum Gasteiger partial charge on any atom is -0.0326 e. The third kappa shape index (κ3) is 7.84. The smallest absolute Gasteiger partial charge is 0.0326 e. The first-order valence-electron chi connectivity index (χ1n) is 5.31. The van der Waals surface area contributed by atoms with Crippen molar-refractivity contribution >= 4 is 0 Å². The summed E-state index contributed by atoms with van der Waals surface area (Å²) >= 11 is 0. The number of unbranched alkanes of at least 4 members (excludes halogenated alkanes) is 1. The molecule has 0 aromatic heterocycles. The molecule has 1 atom stereocenters. The minimum atomic E-state index is 0.931. The van der Waals surface area contributed by atoms with Crippen molar-refractivity contribution in [2.24, 2.45) is 5.92 Å². The molecule has 0 nitrogen and oxygen atoms in total. The molecule has 12 heavy (non-hydrogen) atoms. The van der Waals surface area contributed by atoms with Gasteiger partial charge in [-0.2, -0.15) is 0 Å². The molecule has 0 radical (unpaired) electrons. The molecule has 1 unspecified atom stereocenters. The van der Waals surface area contributed by atoms with Crippen molar-refractivity contribution in [2.45, 2.75) is 59.3 Å². The Morgan fingerprint density at radius 3 is 2.42 bits per heavy atom. The Hall–Kier alpha value is -0.260. The molecule has 0 heteroatoms. The average Bonchev–Trinajstić information content (AvgIpc) is 1.98. The van der Waals surface area contributed by atoms with E-state index in [2.05, 4.69) is 27.4 Å². The third-order valence-corrected chi connectivity index (χ3v) is 2.33. The fourth-order valence-corrected chi connectivity index (χ4v) is 1.56. The van der Waals surface area contributed by atoms with Crippen molar-refractivity contribution in [1.82, 2.24) is 0 Å². The van der Waals surface area contributed by atoms with E-state index in [0.717, 1.165) is 5.92 Å². The zero-order valence-corrected chi connectivity index (χ0v) is 9.03. The monoisotopic (exact) mass is 168 g/mol. The molecule has 0 spiro atoms. The van der Waals surface area contributed by atoms with Crippen LogP contribution in [0.25, 0.3) is 0 Å². The molecule has 0 aliphatic rings. The molecule has 0 aromatic carbocycles. The summed E-state index contributed by atoms with van der Waals surface area (Å²) < 4.78 is 0. The van der Waals surface area contributed by atoms with Gasteiger partial charge in [0.05, 0.1) is 0 Å². The van der Waals surface area contributed by atoms with Gasteiger partial charge in [-0.15, -0.1) is 6.58 Å². The fourth-order valence-electron chi connectivity index (χ4n) is 1.56. The van der Waals surface area contributed by atoms with Gasteiger partial charge in [-0.3, -0.25) is 0 Å². The van der Waals surface area contributed by atoms with Crippen LogP contribution in [0, 0.1) is 5.92 Å². The minimum Gasteiger partial charge on any atom is -0.100 e. The van der Waals surface area contributed by atoms with Crippen molar-refractivity contribution < 1.29 is 0 Å². The summed E-state index contributed by atoms with van der Waals surface area (Å²) in [6, 6.07) is 0. The van der Waals surface area contributed by atoms with Crippen molar-refractivity contribution in [1.29, 1.82) is 0 Å². The Bertz CT molecular complexity index is 113. The van der Waals surface area contributed by atoms with Crippen molar-refractivity contribution in [2.75, 3.05) is 0 Å². The van der Waals surface area contributed by atoms with E-state index in [-0.39, 0.29) is 0 Å². The molecule has 0 heterocycles. The normalized spacial score (nSPS) is 12.9. The summed E-state index contributed by atoms with van der Waals surface area (Å²) in [7, 11) is 0. The molecule has 0 saturated carbocycles. The predicted molar refractivity (Wildman–Crippen MR) is 57.4 cm³/mol. The second-order valence-corrected chi connectivity index (χ2v) is 4.10. The van der Waals surface area contributed by atoms with Crippen LogP contribution in [0.1, 0.15) is 59.3 Å². The standard InChI is InChI=1S/C12H24/c1-5-8-12(4)10-7-6-9-11(2)3/h12H,2,5-10H2,1,3-4H3. The number of rotatable bonds is 7. The maximum absolute atomic E-state index is 3.91. The Morgan fingerprint density at radius 2 is 1.92 bits per heavy atom. The topological polar surface area (TPSA) is 0 Å². The van der Waals surface area contributed by atoms with Crippen LogP contribution in [0.4, 0.5) is 0 Å². The molecule has 0 bridgehead atoms. The Morgan fingerprint density at radius 1 is 1.25 bits per heavy atom. The van der Waals surface area contributed by atoms with Crippen LogP contribution in [0.2, 0.25) is 0 Å². The lowest BCUT2D eigenvalue weighted by Gasteiger charge is -2.08. The molecule has 0 saturated heterocycles. The molecular weight excluding hydrogens is 144 g/mol. The van der Waals surface area contributed by atoms with Gasteiger partial charge in [-0.25, -0.2) is 0 Å². The van der Waals surface area contributed by atoms with Crippen molar-refractivity contribution in [3.05, 3.63) is 12.2 Å². The first-order chi connectivity index (χ1) is 5.66. The summed E-state index contributed by atoms with van der Waals surface area (Å²) in [5.74, 6) is 0.931. The van der Waals surface area contributed by atoms with Gasteiger partial charge in [0, 0.05) is 0 Å². The summed E-state index contributed by atoms with van der Waals surface area (Å²) in [4.78, 5) is 0. The summed E-state index contributed by atoms with van der Waals surface area (Å²) in [6.07, 6.45) is 8.08. The lowest BCUT2D eigenvalue weighted by molar-refractivity contribution is 0.461. The van der Waals surface area contributed by atoms with Gasteiger partial charge in [0.15, 0.2) is 0 Å². The quantitative estimate of drug-likeness (QED) is 0.386. The van der Waals surface area contributed by atoms with Crippen LogP contribution in [0.15, 0.2) is 12.2 Å². The highest BCUT2D eigenvalue weighted by atomic mass is 14.1. The third-order valence-electron chi connectivity index (χ3n) is 2.33. The van der Waals surface area contributed by atoms with E-state index < -0.39 is 0 Å². The molecule has 72 valence electrons. The average molecular weight is 168 g/mol. The molecule has 0 aliphatic carbocycles. The Balaban J connectivity index is 3.13. The minimum absolute atomic E-state index is 0.931. The first kappa shape index (κ1) is 11.7. The van der Waals surface area contributed by atoms with Gasteiger partial charge < -0.3 is 0 Å². The van der Waals surface area contributed by atoms with E-state index in [1.54, 1.807) is 0 Å². The highest BCUT2D eigenvalue weighted by Crippen LogP contribution is 2.15. The first-order valence-corrected chi connectivity index (χ1v) is 5.31. The summed E-state index contributed by atoms with van der Waals surface area (Å²) in [5, 5.41) is 0. The zero-order valence-electron chi connectivity index (χ0n) is 9.03. The number of allylic oxidation sites excluding steroid dienone is 1. The molecule has 0 aromatic rings. The van der Waals surface area contributed by atoms with E-state index >= 15 is 0 Å². The second kappa shape index (κ2) is 7.39. The molecule has 0 N–H and O–H groups in total. The van der Waals surface area contributed by atoms with E-state index in [4.69, 9.17) is 0 Å². The Kier molecular flexibility index (Phi) is 7.23. The molecule has 0 rings (SSSR count). The molecule has 0 aliphatic heterocycles. The van der Waals surface area contributed by atoms with E-state index in [9.17, 15) is 0 Å². The lowest BCUT2D eigenvalue weighted by Crippen LogP contribution is -1.93. The Labute approximate surface area is 78.1 Å². The maximum atomic E-state index is 3.91. The van der Waals surface area contributed by atoms with Gasteiger partial charge >= 0.3 is 0 Å². The molecule has 0 amide bonds.